The molecule has 3 unspecified atom stereocenters. The molecular formula is C21H30N4O3. The number of aromatic nitrogens is 1. The molecule has 3 heterocycles. The number of hydrogen-bond acceptors (Lipinski definition) is 5. The molecule has 2 amide bonds. The predicted octanol–water partition coefficient (Wildman–Crippen LogP) is 2.18. The van der Waals surface area contributed by atoms with Crippen LogP contribution in [0.3, 0.4) is 0 Å². The maximum absolute atomic E-state index is 13.0. The van der Waals surface area contributed by atoms with Crippen molar-refractivity contribution in [1.29, 1.82) is 0 Å². The van der Waals surface area contributed by atoms with Crippen LogP contribution in [0.4, 0.5) is 0 Å². The van der Waals surface area contributed by atoms with E-state index in [2.05, 4.69) is 15.4 Å². The third-order valence-electron chi connectivity index (χ3n) is 7.30. The van der Waals surface area contributed by atoms with E-state index in [4.69, 9.17) is 10.3 Å². The topological polar surface area (TPSA) is 101 Å². The van der Waals surface area contributed by atoms with E-state index in [0.717, 1.165) is 70.1 Å². The van der Waals surface area contributed by atoms with Gasteiger partial charge in [0, 0.05) is 42.6 Å². The zero-order chi connectivity index (χ0) is 19.3. The van der Waals surface area contributed by atoms with Crippen LogP contribution in [-0.2, 0) is 4.79 Å². The number of rotatable bonds is 4. The van der Waals surface area contributed by atoms with E-state index in [-0.39, 0.29) is 30.0 Å². The Morgan fingerprint density at radius 3 is 2.57 bits per heavy atom. The molecule has 3 atom stereocenters. The minimum atomic E-state index is -0.146. The minimum absolute atomic E-state index is 0.121. The van der Waals surface area contributed by atoms with Gasteiger partial charge in [-0.25, -0.2) is 0 Å². The Hall–Kier alpha value is -1.89. The lowest BCUT2D eigenvalue weighted by Gasteiger charge is -2.50. The van der Waals surface area contributed by atoms with E-state index < -0.39 is 0 Å². The lowest BCUT2D eigenvalue weighted by molar-refractivity contribution is -0.145. The van der Waals surface area contributed by atoms with E-state index >= 15 is 0 Å². The van der Waals surface area contributed by atoms with E-state index in [1.54, 1.807) is 6.07 Å². The van der Waals surface area contributed by atoms with Crippen molar-refractivity contribution in [3.05, 3.63) is 17.5 Å². The zero-order valence-electron chi connectivity index (χ0n) is 16.3. The Morgan fingerprint density at radius 1 is 1.11 bits per heavy atom. The van der Waals surface area contributed by atoms with Gasteiger partial charge in [0.05, 0.1) is 0 Å². The number of piperidine rings is 2. The summed E-state index contributed by atoms with van der Waals surface area (Å²) in [6.07, 6.45) is 8.97. The van der Waals surface area contributed by atoms with E-state index in [1.807, 2.05) is 0 Å². The summed E-state index contributed by atoms with van der Waals surface area (Å²) in [5, 5.41) is 7.12. The van der Waals surface area contributed by atoms with Gasteiger partial charge < -0.3 is 20.5 Å². The van der Waals surface area contributed by atoms with Gasteiger partial charge in [0.15, 0.2) is 5.69 Å². The summed E-state index contributed by atoms with van der Waals surface area (Å²) in [6, 6.07) is 2.42. The average Bonchev–Trinajstić information content (AvgIpc) is 3.45. The SMILES string of the molecule is NC1CCC(C(=O)N2CC3CCC2CC3NC(=O)c2cc(C3CC3)on2)CC1. The quantitative estimate of drug-likeness (QED) is 0.826. The van der Waals surface area contributed by atoms with Gasteiger partial charge in [-0.1, -0.05) is 5.16 Å². The highest BCUT2D eigenvalue weighted by atomic mass is 16.5. The largest absolute Gasteiger partial charge is 0.360 e. The Labute approximate surface area is 165 Å². The van der Waals surface area contributed by atoms with Crippen LogP contribution in [-0.4, -0.2) is 46.5 Å². The molecule has 0 aromatic carbocycles. The molecule has 2 bridgehead atoms. The predicted molar refractivity (Wildman–Crippen MR) is 103 cm³/mol. The van der Waals surface area contributed by atoms with Crippen molar-refractivity contribution in [3.8, 4) is 0 Å². The molecule has 0 radical (unpaired) electrons. The summed E-state index contributed by atoms with van der Waals surface area (Å²) < 4.78 is 5.31. The summed E-state index contributed by atoms with van der Waals surface area (Å²) in [4.78, 5) is 27.8. The molecular weight excluding hydrogens is 356 g/mol. The molecule has 3 N–H and O–H groups in total. The Kier molecular flexibility index (Phi) is 4.65. The summed E-state index contributed by atoms with van der Waals surface area (Å²) >= 11 is 0. The molecule has 152 valence electrons. The maximum atomic E-state index is 13.0. The Balaban J connectivity index is 1.19. The first-order chi connectivity index (χ1) is 13.6. The highest BCUT2D eigenvalue weighted by Gasteiger charge is 2.44. The van der Waals surface area contributed by atoms with Crippen LogP contribution >= 0.6 is 0 Å². The Bertz CT molecular complexity index is 751. The standard InChI is InChI=1S/C21H30N4O3/c22-15-6-3-13(4-7-15)21(27)25-11-14-5-8-16(25)9-17(14)23-20(26)18-10-19(28-24-18)12-1-2-12/h10,12-17H,1-9,11,22H2,(H,23,26). The molecule has 7 heteroatoms. The number of hydrogen-bond donors (Lipinski definition) is 2. The van der Waals surface area contributed by atoms with Crippen molar-refractivity contribution >= 4 is 11.8 Å². The first kappa shape index (κ1) is 18.2. The fourth-order valence-corrected chi connectivity index (χ4v) is 5.36. The van der Waals surface area contributed by atoms with Crippen LogP contribution in [0.1, 0.15) is 80.0 Å². The first-order valence-corrected chi connectivity index (χ1v) is 10.9. The van der Waals surface area contributed by atoms with Crippen molar-refractivity contribution in [3.63, 3.8) is 0 Å². The summed E-state index contributed by atoms with van der Waals surface area (Å²) in [5.41, 5.74) is 6.38. The van der Waals surface area contributed by atoms with Gasteiger partial charge in [-0.15, -0.1) is 0 Å². The number of fused-ring (bicyclic) bond motifs is 3. The molecule has 2 saturated heterocycles. The summed E-state index contributed by atoms with van der Waals surface area (Å²) in [5.74, 6) is 1.93. The number of amides is 2. The molecule has 5 aliphatic rings. The van der Waals surface area contributed by atoms with Gasteiger partial charge >= 0.3 is 0 Å². The average molecular weight is 386 g/mol. The van der Waals surface area contributed by atoms with Crippen LogP contribution in [0.2, 0.25) is 0 Å². The fraction of sp³-hybridized carbons (Fsp3) is 0.762. The first-order valence-electron chi connectivity index (χ1n) is 10.9. The van der Waals surface area contributed by atoms with Crippen molar-refractivity contribution in [2.45, 2.75) is 81.8 Å². The van der Waals surface area contributed by atoms with Crippen LogP contribution in [0.25, 0.3) is 0 Å². The number of carbonyl (C=O) groups excluding carboxylic acids is 2. The molecule has 1 aromatic heterocycles. The molecule has 5 fully saturated rings. The highest BCUT2D eigenvalue weighted by Crippen LogP contribution is 2.40. The van der Waals surface area contributed by atoms with Gasteiger partial charge in [0.25, 0.3) is 5.91 Å². The molecule has 3 aliphatic carbocycles. The van der Waals surface area contributed by atoms with Crippen molar-refractivity contribution in [2.75, 3.05) is 6.54 Å². The summed E-state index contributed by atoms with van der Waals surface area (Å²) in [7, 11) is 0. The van der Waals surface area contributed by atoms with Crippen molar-refractivity contribution < 1.29 is 14.1 Å². The van der Waals surface area contributed by atoms with E-state index in [9.17, 15) is 9.59 Å². The highest BCUT2D eigenvalue weighted by molar-refractivity contribution is 5.92. The second kappa shape index (κ2) is 7.17. The molecule has 7 nitrogen and oxygen atoms in total. The minimum Gasteiger partial charge on any atom is -0.360 e. The third kappa shape index (κ3) is 3.45. The normalized spacial score (nSPS) is 35.0. The number of nitrogens with one attached hydrogen (secondary N) is 1. The second-order valence-corrected chi connectivity index (χ2v) is 9.30. The van der Waals surface area contributed by atoms with Crippen LogP contribution in [0, 0.1) is 11.8 Å². The zero-order valence-corrected chi connectivity index (χ0v) is 16.3. The molecule has 1 aromatic rings. The third-order valence-corrected chi connectivity index (χ3v) is 7.30. The number of carbonyl (C=O) groups is 2. The molecule has 2 aliphatic heterocycles. The lowest BCUT2D eigenvalue weighted by Crippen LogP contribution is -2.61. The van der Waals surface area contributed by atoms with Gasteiger partial charge in [0.1, 0.15) is 5.76 Å². The lowest BCUT2D eigenvalue weighted by atomic mass is 9.75. The Morgan fingerprint density at radius 2 is 1.89 bits per heavy atom. The van der Waals surface area contributed by atoms with Crippen LogP contribution in [0.5, 0.6) is 0 Å². The number of nitrogens with two attached hydrogens (primary N) is 1. The molecule has 0 spiro atoms. The maximum Gasteiger partial charge on any atom is 0.273 e. The molecule has 6 rings (SSSR count). The van der Waals surface area contributed by atoms with Crippen molar-refractivity contribution in [1.82, 2.24) is 15.4 Å². The van der Waals surface area contributed by atoms with Gasteiger partial charge in [0.2, 0.25) is 5.91 Å². The van der Waals surface area contributed by atoms with Crippen LogP contribution < -0.4 is 11.1 Å². The smallest absolute Gasteiger partial charge is 0.273 e. The van der Waals surface area contributed by atoms with E-state index in [1.165, 1.54) is 0 Å². The number of nitrogens with zero attached hydrogens (tertiary/aromatic N) is 2. The second-order valence-electron chi connectivity index (χ2n) is 9.30. The van der Waals surface area contributed by atoms with Gasteiger partial charge in [-0.3, -0.25) is 9.59 Å². The van der Waals surface area contributed by atoms with Crippen LogP contribution in [0.15, 0.2) is 10.6 Å². The summed E-state index contributed by atoms with van der Waals surface area (Å²) in [6.45, 7) is 0.767. The van der Waals surface area contributed by atoms with Gasteiger partial charge in [-0.2, -0.15) is 0 Å². The van der Waals surface area contributed by atoms with E-state index in [0.29, 0.717) is 23.4 Å². The monoisotopic (exact) mass is 386 g/mol. The fourth-order valence-electron chi connectivity index (χ4n) is 5.36. The molecule has 28 heavy (non-hydrogen) atoms. The molecule has 3 saturated carbocycles. The van der Waals surface area contributed by atoms with Crippen molar-refractivity contribution in [2.24, 2.45) is 17.6 Å². The van der Waals surface area contributed by atoms with Gasteiger partial charge in [-0.05, 0) is 63.7 Å².